The van der Waals surface area contributed by atoms with E-state index in [0.717, 1.165) is 5.56 Å². The van der Waals surface area contributed by atoms with Crippen LogP contribution in [0.1, 0.15) is 5.56 Å². The van der Waals surface area contributed by atoms with Crippen molar-refractivity contribution in [2.24, 2.45) is 5.10 Å². The molecule has 1 amide bonds. The second kappa shape index (κ2) is 4.62. The van der Waals surface area contributed by atoms with Crippen molar-refractivity contribution in [2.75, 3.05) is 0 Å². The Labute approximate surface area is 74.7 Å². The van der Waals surface area contributed by atoms with E-state index in [4.69, 9.17) is 5.26 Å². The van der Waals surface area contributed by atoms with Crippen LogP contribution in [-0.4, -0.2) is 17.1 Å². The molecule has 0 fully saturated rings. The van der Waals surface area contributed by atoms with Gasteiger partial charge in [-0.25, -0.2) is 5.43 Å². The first-order valence-electron chi connectivity index (χ1n) is 3.46. The molecular weight excluding hydrogens is 168 g/mol. The summed E-state index contributed by atoms with van der Waals surface area (Å²) < 4.78 is 0. The van der Waals surface area contributed by atoms with Crippen molar-refractivity contribution in [1.29, 1.82) is 5.26 Å². The van der Waals surface area contributed by atoms with E-state index in [1.807, 2.05) is 5.43 Å². The summed E-state index contributed by atoms with van der Waals surface area (Å²) in [7, 11) is 0. The van der Waals surface area contributed by atoms with Gasteiger partial charge in [0.25, 0.3) is 0 Å². The Hall–Kier alpha value is -2.22. The lowest BCUT2D eigenvalue weighted by molar-refractivity contribution is -0.115. The van der Waals surface area contributed by atoms with Gasteiger partial charge in [-0.05, 0) is 17.7 Å². The minimum Gasteiger partial charge on any atom is -0.265 e. The Kier molecular flexibility index (Phi) is 3.15. The number of nitriles is 1. The molecule has 5 heteroatoms. The Balaban J connectivity index is 2.51. The number of hydrogen-bond donors (Lipinski definition) is 1. The van der Waals surface area contributed by atoms with Gasteiger partial charge in [-0.2, -0.15) is 10.4 Å². The molecule has 64 valence electrons. The third kappa shape index (κ3) is 3.12. The highest BCUT2D eigenvalue weighted by atomic mass is 16.2. The van der Waals surface area contributed by atoms with Crippen LogP contribution in [0.2, 0.25) is 0 Å². The van der Waals surface area contributed by atoms with Crippen molar-refractivity contribution >= 4 is 12.1 Å². The fraction of sp³-hybridized carbons (Fsp3) is 0. The minimum absolute atomic E-state index is 0.787. The molecule has 1 N–H and O–H groups in total. The number of pyridine rings is 1. The largest absolute Gasteiger partial charge is 0.342 e. The number of hydrazone groups is 1. The summed E-state index contributed by atoms with van der Waals surface area (Å²) in [6.45, 7) is 0. The average molecular weight is 174 g/mol. The molecule has 0 unspecified atom stereocenters. The van der Waals surface area contributed by atoms with Gasteiger partial charge in [-0.3, -0.25) is 9.78 Å². The van der Waals surface area contributed by atoms with Crippen LogP contribution in [0.25, 0.3) is 0 Å². The first kappa shape index (κ1) is 8.87. The second-order valence-corrected chi connectivity index (χ2v) is 2.09. The van der Waals surface area contributed by atoms with Gasteiger partial charge < -0.3 is 0 Å². The van der Waals surface area contributed by atoms with E-state index in [9.17, 15) is 4.79 Å². The molecule has 5 nitrogen and oxygen atoms in total. The van der Waals surface area contributed by atoms with Crippen LogP contribution >= 0.6 is 0 Å². The minimum atomic E-state index is -0.787. The van der Waals surface area contributed by atoms with Crippen LogP contribution in [0.5, 0.6) is 0 Å². The van der Waals surface area contributed by atoms with Gasteiger partial charge in [-0.1, -0.05) is 0 Å². The fourth-order valence-corrected chi connectivity index (χ4v) is 0.640. The number of hydrogen-bond acceptors (Lipinski definition) is 4. The van der Waals surface area contributed by atoms with Crippen molar-refractivity contribution in [2.45, 2.75) is 0 Å². The summed E-state index contributed by atoms with van der Waals surface area (Å²) in [6.07, 6.45) is 4.64. The van der Waals surface area contributed by atoms with E-state index in [-0.39, 0.29) is 0 Å². The molecule has 0 aliphatic heterocycles. The Morgan fingerprint density at radius 3 is 2.92 bits per heavy atom. The molecule has 0 aromatic carbocycles. The molecule has 1 aromatic rings. The number of amides is 1. The molecule has 0 spiro atoms. The summed E-state index contributed by atoms with van der Waals surface area (Å²) in [5.74, 6) is -0.787. The molecule has 0 radical (unpaired) electrons. The molecule has 0 saturated heterocycles. The highest BCUT2D eigenvalue weighted by Gasteiger charge is 1.91. The van der Waals surface area contributed by atoms with Crippen molar-refractivity contribution < 1.29 is 4.79 Å². The predicted octanol–water partition coefficient (Wildman–Crippen LogP) is 0.0553. The SMILES string of the molecule is N#CC(=O)NN=Cc1ccncc1. The number of carbonyl (C=O) groups is 1. The van der Waals surface area contributed by atoms with E-state index < -0.39 is 5.91 Å². The number of nitrogens with one attached hydrogen (secondary N) is 1. The van der Waals surface area contributed by atoms with Crippen molar-refractivity contribution in [1.82, 2.24) is 10.4 Å². The van der Waals surface area contributed by atoms with Gasteiger partial charge in [0, 0.05) is 12.4 Å². The van der Waals surface area contributed by atoms with E-state index in [2.05, 4.69) is 10.1 Å². The zero-order valence-corrected chi connectivity index (χ0v) is 6.64. The molecule has 0 bridgehead atoms. The number of carbonyl (C=O) groups excluding carboxylic acids is 1. The highest BCUT2D eigenvalue weighted by Crippen LogP contribution is 1.89. The van der Waals surface area contributed by atoms with Crippen LogP contribution in [-0.2, 0) is 4.79 Å². The highest BCUT2D eigenvalue weighted by molar-refractivity contribution is 5.92. The Morgan fingerprint density at radius 1 is 1.62 bits per heavy atom. The maximum absolute atomic E-state index is 10.4. The standard InChI is InChI=1S/C8H6N4O/c9-5-8(13)12-11-6-7-1-3-10-4-2-7/h1-4,6H,(H,12,13). The topological polar surface area (TPSA) is 78.1 Å². The first-order chi connectivity index (χ1) is 6.33. The maximum atomic E-state index is 10.4. The third-order valence-electron chi connectivity index (χ3n) is 1.19. The second-order valence-electron chi connectivity index (χ2n) is 2.09. The lowest BCUT2D eigenvalue weighted by atomic mass is 10.3. The maximum Gasteiger partial charge on any atom is 0.342 e. The lowest BCUT2D eigenvalue weighted by Gasteiger charge is -1.90. The van der Waals surface area contributed by atoms with E-state index in [0.29, 0.717) is 0 Å². The zero-order chi connectivity index (χ0) is 9.52. The van der Waals surface area contributed by atoms with Crippen molar-refractivity contribution in [3.63, 3.8) is 0 Å². The summed E-state index contributed by atoms with van der Waals surface area (Å²) in [5.41, 5.74) is 2.83. The van der Waals surface area contributed by atoms with Crippen molar-refractivity contribution in [3.8, 4) is 6.07 Å². The van der Waals surface area contributed by atoms with E-state index >= 15 is 0 Å². The molecule has 1 aromatic heterocycles. The van der Waals surface area contributed by atoms with Gasteiger partial charge in [0.15, 0.2) is 6.07 Å². The molecule has 0 aliphatic carbocycles. The summed E-state index contributed by atoms with van der Waals surface area (Å²) in [5, 5.41) is 11.6. The van der Waals surface area contributed by atoms with E-state index in [1.54, 1.807) is 24.5 Å². The van der Waals surface area contributed by atoms with Crippen LogP contribution in [0.4, 0.5) is 0 Å². The summed E-state index contributed by atoms with van der Waals surface area (Å²) >= 11 is 0. The Morgan fingerprint density at radius 2 is 2.31 bits per heavy atom. The molecule has 13 heavy (non-hydrogen) atoms. The van der Waals surface area contributed by atoms with Crippen LogP contribution in [0.15, 0.2) is 29.6 Å². The molecule has 0 aliphatic rings. The monoisotopic (exact) mass is 174 g/mol. The molecule has 1 rings (SSSR count). The molecule has 1 heterocycles. The zero-order valence-electron chi connectivity index (χ0n) is 6.64. The van der Waals surface area contributed by atoms with E-state index in [1.165, 1.54) is 12.3 Å². The predicted molar refractivity (Wildman–Crippen MR) is 45.6 cm³/mol. The lowest BCUT2D eigenvalue weighted by Crippen LogP contribution is -2.14. The third-order valence-corrected chi connectivity index (χ3v) is 1.19. The summed E-state index contributed by atoms with van der Waals surface area (Å²) in [4.78, 5) is 14.2. The van der Waals surface area contributed by atoms with Crippen LogP contribution < -0.4 is 5.43 Å². The van der Waals surface area contributed by atoms with Crippen LogP contribution in [0.3, 0.4) is 0 Å². The van der Waals surface area contributed by atoms with Gasteiger partial charge in [0.05, 0.1) is 6.21 Å². The fourth-order valence-electron chi connectivity index (χ4n) is 0.640. The number of nitrogens with zero attached hydrogens (tertiary/aromatic N) is 3. The number of aromatic nitrogens is 1. The Bertz CT molecular complexity index is 352. The van der Waals surface area contributed by atoms with Gasteiger partial charge in [-0.15, -0.1) is 0 Å². The normalized spacial score (nSPS) is 9.46. The quantitative estimate of drug-likeness (QED) is 0.391. The van der Waals surface area contributed by atoms with Crippen LogP contribution in [0, 0.1) is 11.3 Å². The van der Waals surface area contributed by atoms with Gasteiger partial charge in [0.1, 0.15) is 0 Å². The summed E-state index contributed by atoms with van der Waals surface area (Å²) in [6, 6.07) is 4.82. The average Bonchev–Trinajstić information content (AvgIpc) is 2.19. The smallest absolute Gasteiger partial charge is 0.265 e. The number of rotatable bonds is 2. The van der Waals surface area contributed by atoms with Gasteiger partial charge in [0.2, 0.25) is 0 Å². The first-order valence-corrected chi connectivity index (χ1v) is 3.46. The molecular formula is C8H6N4O. The van der Waals surface area contributed by atoms with Gasteiger partial charge >= 0.3 is 5.91 Å². The van der Waals surface area contributed by atoms with Crippen molar-refractivity contribution in [3.05, 3.63) is 30.1 Å². The molecule has 0 saturated carbocycles. The molecule has 0 atom stereocenters.